The fraction of sp³-hybridized carbons (Fsp3) is 0.387. The zero-order valence-electron chi connectivity index (χ0n) is 23.9. The van der Waals surface area contributed by atoms with Crippen LogP contribution in [0, 0.1) is 0 Å². The third kappa shape index (κ3) is 11.0. The first-order chi connectivity index (χ1) is 19.7. The summed E-state index contributed by atoms with van der Waals surface area (Å²) in [6.07, 6.45) is 5.16. The van der Waals surface area contributed by atoms with E-state index in [0.717, 1.165) is 60.8 Å². The Morgan fingerprint density at radius 2 is 1.60 bits per heavy atom. The normalized spacial score (nSPS) is 14.2. The largest absolute Gasteiger partial charge is 0.490 e. The Morgan fingerprint density at radius 3 is 2.26 bits per heavy atom. The molecule has 0 heterocycles. The molecule has 6 N–H and O–H groups in total. The van der Waals surface area contributed by atoms with Crippen molar-refractivity contribution in [2.75, 3.05) is 31.2 Å². The molecule has 1 atom stereocenters. The molecule has 1 aliphatic carbocycles. The highest BCUT2D eigenvalue weighted by Crippen LogP contribution is 2.31. The molecule has 0 unspecified atom stereocenters. The smallest absolute Gasteiger partial charge is 0.268 e. The molecule has 1 aliphatic rings. The number of nitrogens with two attached hydrogens (primary N) is 1. The highest BCUT2D eigenvalue weighted by molar-refractivity contribution is 7.90. The predicted octanol–water partition coefficient (Wildman–Crippen LogP) is 4.41. The van der Waals surface area contributed by atoms with Crippen LogP contribution in [-0.4, -0.2) is 56.1 Å². The number of rotatable bonds is 13. The van der Waals surface area contributed by atoms with E-state index < -0.39 is 34.4 Å². The van der Waals surface area contributed by atoms with Crippen LogP contribution in [0.5, 0.6) is 5.75 Å². The molecule has 43 heavy (non-hydrogen) atoms. The van der Waals surface area contributed by atoms with Crippen molar-refractivity contribution < 1.29 is 28.2 Å². The van der Waals surface area contributed by atoms with Crippen molar-refractivity contribution in [2.45, 2.75) is 50.7 Å². The Morgan fingerprint density at radius 1 is 0.953 bits per heavy atom. The first-order valence-electron chi connectivity index (χ1n) is 14.0. The topological polar surface area (TPSA) is 151 Å². The van der Waals surface area contributed by atoms with Gasteiger partial charge < -0.3 is 26.0 Å². The lowest BCUT2D eigenvalue weighted by molar-refractivity contribution is 0.0969. The summed E-state index contributed by atoms with van der Waals surface area (Å²) in [7, 11) is -3.96. The van der Waals surface area contributed by atoms with E-state index in [2.05, 4.69) is 5.32 Å². The number of nitrogen functional groups attached to an aromatic ring is 1. The van der Waals surface area contributed by atoms with E-state index in [1.54, 1.807) is 30.3 Å². The van der Waals surface area contributed by atoms with Gasteiger partial charge >= 0.3 is 0 Å². The zero-order chi connectivity index (χ0) is 29.2. The van der Waals surface area contributed by atoms with E-state index in [0.29, 0.717) is 24.5 Å². The zero-order valence-corrected chi connectivity index (χ0v) is 26.4. The van der Waals surface area contributed by atoms with E-state index in [1.807, 2.05) is 41.1 Å². The van der Waals surface area contributed by atoms with Gasteiger partial charge in [0.15, 0.2) is 0 Å². The Hall–Kier alpha value is -2.86. The van der Waals surface area contributed by atoms with Gasteiger partial charge in [-0.15, -0.1) is 24.8 Å². The lowest BCUT2D eigenvalue weighted by Gasteiger charge is -2.24. The van der Waals surface area contributed by atoms with Crippen LogP contribution in [0.4, 0.5) is 5.69 Å². The minimum atomic E-state index is -3.96. The molecule has 0 saturated heterocycles. The maximum atomic E-state index is 12.9. The van der Waals surface area contributed by atoms with Gasteiger partial charge in [-0.1, -0.05) is 48.9 Å². The average molecular weight is 655 g/mol. The number of aliphatic hydroxyl groups excluding tert-OH is 2. The number of halogens is 2. The summed E-state index contributed by atoms with van der Waals surface area (Å²) < 4.78 is 32.4. The van der Waals surface area contributed by atoms with E-state index >= 15 is 0 Å². The standard InChI is InChI=1S/C31H39N3O6S.2ClH/c32-26-13-10-24(11-14-26)29(36)21-33-17-16-22-6-8-23(9-7-22)25-12-15-28(31(37)34-41(38,39)19-18-35)30(20-25)40-27-4-2-1-3-5-27;;/h6-15,20,27,29,33,35-36H,1-5,16-19,21,32H2,(H,34,37);2*1H/t29-;;/m1../s1. The molecular formula is C31H41Cl2N3O6S. The quantitative estimate of drug-likeness (QED) is 0.134. The van der Waals surface area contributed by atoms with Crippen LogP contribution in [-0.2, 0) is 16.4 Å². The average Bonchev–Trinajstić information content (AvgIpc) is 2.96. The van der Waals surface area contributed by atoms with Crippen molar-refractivity contribution in [3.63, 3.8) is 0 Å². The summed E-state index contributed by atoms with van der Waals surface area (Å²) in [5.41, 5.74) is 10.3. The van der Waals surface area contributed by atoms with Gasteiger partial charge in [0.2, 0.25) is 10.0 Å². The van der Waals surface area contributed by atoms with E-state index in [4.69, 9.17) is 15.6 Å². The number of hydrogen-bond donors (Lipinski definition) is 5. The number of benzene rings is 3. The van der Waals surface area contributed by atoms with Gasteiger partial charge in [0.05, 0.1) is 30.1 Å². The first kappa shape index (κ1) is 36.3. The molecule has 0 bridgehead atoms. The van der Waals surface area contributed by atoms with Crippen LogP contribution in [0.1, 0.15) is 59.7 Å². The number of amides is 1. The highest BCUT2D eigenvalue weighted by Gasteiger charge is 2.23. The highest BCUT2D eigenvalue weighted by atomic mass is 35.5. The summed E-state index contributed by atoms with van der Waals surface area (Å²) in [4.78, 5) is 12.9. The minimum absolute atomic E-state index is 0. The molecule has 4 rings (SSSR count). The number of carbonyl (C=O) groups excluding carboxylic acids is 1. The molecule has 1 saturated carbocycles. The summed E-state index contributed by atoms with van der Waals surface area (Å²) in [6, 6.07) is 20.4. The van der Waals surface area contributed by atoms with E-state index in [1.165, 1.54) is 0 Å². The Bertz CT molecular complexity index is 1400. The fourth-order valence-electron chi connectivity index (χ4n) is 4.89. The van der Waals surface area contributed by atoms with Gasteiger partial charge in [0, 0.05) is 12.2 Å². The first-order valence-corrected chi connectivity index (χ1v) is 15.7. The van der Waals surface area contributed by atoms with E-state index in [9.17, 15) is 18.3 Å². The lowest BCUT2D eigenvalue weighted by atomic mass is 9.97. The number of ether oxygens (including phenoxy) is 1. The van der Waals surface area contributed by atoms with Gasteiger partial charge in [-0.3, -0.25) is 4.79 Å². The monoisotopic (exact) mass is 653 g/mol. The second kappa shape index (κ2) is 17.4. The van der Waals surface area contributed by atoms with Crippen molar-refractivity contribution in [1.82, 2.24) is 10.0 Å². The molecule has 0 spiro atoms. The molecule has 1 fully saturated rings. The van der Waals surface area contributed by atoms with Crippen LogP contribution in [0.2, 0.25) is 0 Å². The lowest BCUT2D eigenvalue weighted by Crippen LogP contribution is -2.34. The van der Waals surface area contributed by atoms with Gasteiger partial charge in [-0.25, -0.2) is 13.1 Å². The molecule has 3 aromatic rings. The van der Waals surface area contributed by atoms with Crippen LogP contribution >= 0.6 is 24.8 Å². The molecule has 3 aromatic carbocycles. The number of anilines is 1. The second-order valence-electron chi connectivity index (χ2n) is 10.4. The predicted molar refractivity (Wildman–Crippen MR) is 175 cm³/mol. The van der Waals surface area contributed by atoms with Crippen molar-refractivity contribution in [2.24, 2.45) is 0 Å². The minimum Gasteiger partial charge on any atom is -0.490 e. The third-order valence-electron chi connectivity index (χ3n) is 7.22. The molecule has 1 amide bonds. The molecule has 236 valence electrons. The molecule has 12 heteroatoms. The Balaban J connectivity index is 0.00000323. The van der Waals surface area contributed by atoms with Crippen molar-refractivity contribution >= 4 is 46.4 Å². The van der Waals surface area contributed by atoms with Crippen LogP contribution in [0.25, 0.3) is 11.1 Å². The van der Waals surface area contributed by atoms with Crippen LogP contribution < -0.4 is 20.5 Å². The maximum absolute atomic E-state index is 12.9. The molecular weight excluding hydrogens is 613 g/mol. The number of carbonyl (C=O) groups is 1. The number of nitrogens with one attached hydrogen (secondary N) is 2. The SMILES string of the molecule is Cl.Cl.Nc1ccc([C@H](O)CNCCc2ccc(-c3ccc(C(=O)NS(=O)(=O)CCO)c(OC4CCCCC4)c3)cc2)cc1. The van der Waals surface area contributed by atoms with Crippen LogP contribution in [0.3, 0.4) is 0 Å². The number of aliphatic hydroxyl groups is 2. The summed E-state index contributed by atoms with van der Waals surface area (Å²) in [5.74, 6) is -0.986. The van der Waals surface area contributed by atoms with Gasteiger partial charge in [0.25, 0.3) is 5.91 Å². The van der Waals surface area contributed by atoms with Crippen LogP contribution in [0.15, 0.2) is 66.7 Å². The molecule has 9 nitrogen and oxygen atoms in total. The Labute approximate surface area is 266 Å². The summed E-state index contributed by atoms with van der Waals surface area (Å²) in [6.45, 7) is 0.561. The summed E-state index contributed by atoms with van der Waals surface area (Å²) in [5, 5.41) is 22.6. The van der Waals surface area contributed by atoms with Gasteiger partial charge in [-0.05, 0) is 85.2 Å². The summed E-state index contributed by atoms with van der Waals surface area (Å²) >= 11 is 0. The van der Waals surface area contributed by atoms with Crippen molar-refractivity contribution in [1.29, 1.82) is 0 Å². The van der Waals surface area contributed by atoms with Gasteiger partial charge in [-0.2, -0.15) is 0 Å². The molecule has 0 aliphatic heterocycles. The van der Waals surface area contributed by atoms with E-state index in [-0.39, 0.29) is 36.5 Å². The van der Waals surface area contributed by atoms with Gasteiger partial charge in [0.1, 0.15) is 5.75 Å². The molecule has 0 aromatic heterocycles. The van der Waals surface area contributed by atoms with Crippen molar-refractivity contribution in [3.8, 4) is 16.9 Å². The Kier molecular flexibility index (Phi) is 14.7. The molecule has 0 radical (unpaired) electrons. The number of sulfonamides is 1. The maximum Gasteiger partial charge on any atom is 0.268 e. The third-order valence-corrected chi connectivity index (χ3v) is 8.43. The number of hydrogen-bond acceptors (Lipinski definition) is 8. The van der Waals surface area contributed by atoms with Crippen molar-refractivity contribution in [3.05, 3.63) is 83.4 Å². The second-order valence-corrected chi connectivity index (χ2v) is 12.2. The fourth-order valence-corrected chi connectivity index (χ4v) is 5.62.